The normalized spacial score (nSPS) is 13.5. The summed E-state index contributed by atoms with van der Waals surface area (Å²) in [6.07, 6.45) is 4.75. The van der Waals surface area contributed by atoms with E-state index < -0.39 is 5.60 Å². The molecule has 2 heterocycles. The van der Waals surface area contributed by atoms with Gasteiger partial charge in [-0.1, -0.05) is 17.7 Å². The molecule has 25 heavy (non-hydrogen) atoms. The van der Waals surface area contributed by atoms with Gasteiger partial charge in [-0.05, 0) is 37.1 Å². The molecule has 0 bridgehead atoms. The highest BCUT2D eigenvalue weighted by Gasteiger charge is 2.26. The Balaban J connectivity index is 1.90. The van der Waals surface area contributed by atoms with Crippen LogP contribution in [0.2, 0.25) is 5.02 Å². The first-order chi connectivity index (χ1) is 11.9. The zero-order valence-electron chi connectivity index (χ0n) is 13.7. The zero-order chi connectivity index (χ0) is 18.0. The van der Waals surface area contributed by atoms with Gasteiger partial charge in [0, 0.05) is 11.9 Å². The molecule has 6 nitrogen and oxygen atoms in total. The quantitative estimate of drug-likeness (QED) is 0.631. The maximum Gasteiger partial charge on any atom is 0.227 e. The van der Waals surface area contributed by atoms with E-state index in [1.54, 1.807) is 6.20 Å². The predicted octanol–water partition coefficient (Wildman–Crippen LogP) is 3.51. The highest BCUT2D eigenvalue weighted by Crippen LogP contribution is 2.33. The van der Waals surface area contributed by atoms with Gasteiger partial charge in [0.15, 0.2) is 0 Å². The van der Waals surface area contributed by atoms with E-state index in [-0.39, 0.29) is 6.61 Å². The highest BCUT2D eigenvalue weighted by atomic mass is 35.5. The van der Waals surface area contributed by atoms with Crippen LogP contribution in [0.25, 0.3) is 10.4 Å². The van der Waals surface area contributed by atoms with Crippen LogP contribution in [0.3, 0.4) is 0 Å². The first-order valence-corrected chi connectivity index (χ1v) is 8.73. The summed E-state index contributed by atoms with van der Waals surface area (Å²) in [6, 6.07) is 5.96. The summed E-state index contributed by atoms with van der Waals surface area (Å²) >= 11 is 7.15. The lowest BCUT2D eigenvalue weighted by molar-refractivity contribution is -0.00244. The van der Waals surface area contributed by atoms with Crippen molar-refractivity contribution in [1.82, 2.24) is 15.0 Å². The molecule has 0 radical (unpaired) electrons. The molecule has 8 heteroatoms. The monoisotopic (exact) mass is 376 g/mol. The summed E-state index contributed by atoms with van der Waals surface area (Å²) in [7, 11) is 0. The zero-order valence-corrected chi connectivity index (χ0v) is 15.3. The van der Waals surface area contributed by atoms with Gasteiger partial charge in [-0.15, -0.1) is 11.3 Å². The van der Waals surface area contributed by atoms with Crippen LogP contribution in [-0.2, 0) is 5.60 Å². The van der Waals surface area contributed by atoms with Crippen molar-refractivity contribution in [3.05, 3.63) is 52.4 Å². The van der Waals surface area contributed by atoms with Crippen molar-refractivity contribution in [2.45, 2.75) is 19.4 Å². The van der Waals surface area contributed by atoms with Crippen LogP contribution in [-0.4, -0.2) is 31.8 Å². The minimum absolute atomic E-state index is 0.380. The van der Waals surface area contributed by atoms with E-state index >= 15 is 0 Å². The maximum atomic E-state index is 10.1. The minimum Gasteiger partial charge on any atom is -0.393 e. The van der Waals surface area contributed by atoms with Gasteiger partial charge in [-0.3, -0.25) is 0 Å². The van der Waals surface area contributed by atoms with Crippen molar-refractivity contribution in [2.75, 3.05) is 11.9 Å². The summed E-state index contributed by atoms with van der Waals surface area (Å²) in [5, 5.41) is 23.5. The van der Waals surface area contributed by atoms with Gasteiger partial charge in [0.2, 0.25) is 5.95 Å². The fraction of sp³-hybridized carbons (Fsp3) is 0.235. The van der Waals surface area contributed by atoms with Gasteiger partial charge in [0.05, 0.1) is 28.9 Å². The summed E-state index contributed by atoms with van der Waals surface area (Å²) in [5.41, 5.74) is 1.50. The average Bonchev–Trinajstić information content (AvgIpc) is 3.07. The van der Waals surface area contributed by atoms with E-state index in [1.807, 2.05) is 25.1 Å². The molecular weight excluding hydrogens is 360 g/mol. The number of hydrogen-bond acceptors (Lipinski definition) is 7. The van der Waals surface area contributed by atoms with Crippen molar-refractivity contribution in [3.8, 4) is 10.4 Å². The van der Waals surface area contributed by atoms with Gasteiger partial charge < -0.3 is 15.5 Å². The Labute approximate surface area is 154 Å². The molecule has 2 aromatic heterocycles. The maximum absolute atomic E-state index is 10.1. The topological polar surface area (TPSA) is 91.2 Å². The molecule has 130 valence electrons. The SMILES string of the molecule is Cc1cc(Nc2ncc(Cl)cn2)cc(-c2cnc(C(C)(O)CO)s2)c1. The molecule has 3 rings (SSSR count). The number of rotatable bonds is 5. The lowest BCUT2D eigenvalue weighted by atomic mass is 10.1. The Morgan fingerprint density at radius 1 is 1.16 bits per heavy atom. The van der Waals surface area contributed by atoms with Gasteiger partial charge in [-0.2, -0.15) is 0 Å². The molecule has 0 fully saturated rings. The van der Waals surface area contributed by atoms with E-state index in [2.05, 4.69) is 20.3 Å². The van der Waals surface area contributed by atoms with Crippen LogP contribution in [0.5, 0.6) is 0 Å². The lowest BCUT2D eigenvalue weighted by Gasteiger charge is -2.16. The second kappa shape index (κ2) is 7.05. The number of aromatic nitrogens is 3. The molecule has 0 spiro atoms. The number of aliphatic hydroxyl groups excluding tert-OH is 1. The molecule has 1 unspecified atom stereocenters. The number of nitrogens with one attached hydrogen (secondary N) is 1. The van der Waals surface area contributed by atoms with Crippen molar-refractivity contribution < 1.29 is 10.2 Å². The minimum atomic E-state index is -1.34. The summed E-state index contributed by atoms with van der Waals surface area (Å²) in [6.45, 7) is 3.15. The van der Waals surface area contributed by atoms with Gasteiger partial charge in [-0.25, -0.2) is 15.0 Å². The van der Waals surface area contributed by atoms with Crippen molar-refractivity contribution in [2.24, 2.45) is 0 Å². The smallest absolute Gasteiger partial charge is 0.227 e. The molecule has 3 aromatic rings. The van der Waals surface area contributed by atoms with Crippen LogP contribution in [0.4, 0.5) is 11.6 Å². The van der Waals surface area contributed by atoms with Crippen LogP contribution < -0.4 is 5.32 Å². The number of aliphatic hydroxyl groups is 2. The van der Waals surface area contributed by atoms with Crippen LogP contribution >= 0.6 is 22.9 Å². The Bertz CT molecular complexity index is 881. The molecule has 3 N–H and O–H groups in total. The number of nitrogens with zero attached hydrogens (tertiary/aromatic N) is 3. The third-order valence-electron chi connectivity index (χ3n) is 3.51. The van der Waals surface area contributed by atoms with E-state index in [0.29, 0.717) is 16.0 Å². The molecule has 0 aliphatic heterocycles. The summed E-state index contributed by atoms with van der Waals surface area (Å²) in [5.74, 6) is 0.453. The molecule has 0 saturated heterocycles. The summed E-state index contributed by atoms with van der Waals surface area (Å²) < 4.78 is 0. The number of benzene rings is 1. The van der Waals surface area contributed by atoms with E-state index in [0.717, 1.165) is 21.7 Å². The lowest BCUT2D eigenvalue weighted by Crippen LogP contribution is -2.25. The number of halogens is 1. The second-order valence-electron chi connectivity index (χ2n) is 5.90. The largest absolute Gasteiger partial charge is 0.393 e. The molecule has 1 atom stereocenters. The van der Waals surface area contributed by atoms with E-state index in [4.69, 9.17) is 11.6 Å². The Morgan fingerprint density at radius 2 is 1.88 bits per heavy atom. The Hall–Kier alpha value is -2.06. The van der Waals surface area contributed by atoms with E-state index in [9.17, 15) is 10.2 Å². The van der Waals surface area contributed by atoms with Gasteiger partial charge >= 0.3 is 0 Å². The van der Waals surface area contributed by atoms with Crippen molar-refractivity contribution in [1.29, 1.82) is 0 Å². The van der Waals surface area contributed by atoms with Gasteiger partial charge in [0.1, 0.15) is 10.6 Å². The Kier molecular flexibility index (Phi) is 5.01. The van der Waals surface area contributed by atoms with Gasteiger partial charge in [0.25, 0.3) is 0 Å². The van der Waals surface area contributed by atoms with Crippen molar-refractivity contribution in [3.63, 3.8) is 0 Å². The number of anilines is 2. The fourth-order valence-corrected chi connectivity index (χ4v) is 3.26. The standard InChI is InChI=1S/C17H17ClN4O2S/c1-10-3-11(14-8-19-15(25-14)17(2,24)9-23)5-13(4-10)22-16-20-6-12(18)7-21-16/h3-8,23-24H,9H2,1-2H3,(H,20,21,22). The predicted molar refractivity (Wildman–Crippen MR) is 99.3 cm³/mol. The second-order valence-corrected chi connectivity index (χ2v) is 7.37. The number of thiazole rings is 1. The number of hydrogen-bond donors (Lipinski definition) is 3. The average molecular weight is 377 g/mol. The summed E-state index contributed by atoms with van der Waals surface area (Å²) in [4.78, 5) is 13.4. The fourth-order valence-electron chi connectivity index (χ4n) is 2.23. The molecule has 0 amide bonds. The molecule has 0 saturated carbocycles. The highest BCUT2D eigenvalue weighted by molar-refractivity contribution is 7.15. The third kappa shape index (κ3) is 4.13. The van der Waals surface area contributed by atoms with Crippen LogP contribution in [0.15, 0.2) is 36.8 Å². The number of aryl methyl sites for hydroxylation is 1. The first kappa shape index (κ1) is 17.8. The van der Waals surface area contributed by atoms with Crippen molar-refractivity contribution >= 4 is 34.6 Å². The molecule has 0 aliphatic carbocycles. The van der Waals surface area contributed by atoms with Crippen LogP contribution in [0.1, 0.15) is 17.5 Å². The first-order valence-electron chi connectivity index (χ1n) is 7.53. The molecule has 0 aliphatic rings. The third-order valence-corrected chi connectivity index (χ3v) is 5.01. The molecular formula is C17H17ClN4O2S. The molecule has 1 aromatic carbocycles. The Morgan fingerprint density at radius 3 is 2.56 bits per heavy atom. The van der Waals surface area contributed by atoms with Crippen LogP contribution in [0, 0.1) is 6.92 Å². The van der Waals surface area contributed by atoms with E-state index in [1.165, 1.54) is 30.7 Å².